The molecular formula is C13H14BrNO2. The van der Waals surface area contributed by atoms with E-state index in [4.69, 9.17) is 10.00 Å². The van der Waals surface area contributed by atoms with Crippen molar-refractivity contribution in [2.45, 2.75) is 25.1 Å². The van der Waals surface area contributed by atoms with Crippen LogP contribution in [0.15, 0.2) is 12.1 Å². The van der Waals surface area contributed by atoms with E-state index in [1.807, 2.05) is 19.1 Å². The van der Waals surface area contributed by atoms with E-state index >= 15 is 0 Å². The summed E-state index contributed by atoms with van der Waals surface area (Å²) in [6, 6.07) is 5.78. The number of methoxy groups -OCH3 is 1. The van der Waals surface area contributed by atoms with Gasteiger partial charge in [0.1, 0.15) is 0 Å². The Balaban J connectivity index is 3.25. The lowest BCUT2D eigenvalue weighted by Crippen LogP contribution is -2.09. The maximum Gasteiger partial charge on any atom is 0.309 e. The van der Waals surface area contributed by atoms with Crippen molar-refractivity contribution in [1.82, 2.24) is 0 Å². The number of ether oxygens (including phenoxy) is 1. The summed E-state index contributed by atoms with van der Waals surface area (Å²) < 4.78 is 4.69. The van der Waals surface area contributed by atoms with Gasteiger partial charge < -0.3 is 4.74 Å². The van der Waals surface area contributed by atoms with Gasteiger partial charge in [-0.3, -0.25) is 4.79 Å². The largest absolute Gasteiger partial charge is 0.469 e. The Labute approximate surface area is 110 Å². The Morgan fingerprint density at radius 3 is 2.59 bits per heavy atom. The Hall–Kier alpha value is -1.34. The molecule has 17 heavy (non-hydrogen) atoms. The molecule has 3 nitrogen and oxygen atoms in total. The number of nitriles is 1. The van der Waals surface area contributed by atoms with Gasteiger partial charge in [0.05, 0.1) is 25.2 Å². The molecule has 1 aromatic rings. The lowest BCUT2D eigenvalue weighted by Gasteiger charge is -2.12. The third-order valence-corrected chi connectivity index (χ3v) is 3.24. The van der Waals surface area contributed by atoms with Crippen LogP contribution in [0.4, 0.5) is 0 Å². The highest BCUT2D eigenvalue weighted by Crippen LogP contribution is 2.22. The molecule has 0 aromatic heterocycles. The van der Waals surface area contributed by atoms with Crippen molar-refractivity contribution in [2.24, 2.45) is 0 Å². The lowest BCUT2D eigenvalue weighted by atomic mass is 9.95. The summed E-state index contributed by atoms with van der Waals surface area (Å²) in [5, 5.41) is 9.57. The van der Waals surface area contributed by atoms with Crippen molar-refractivity contribution in [3.05, 3.63) is 34.4 Å². The average Bonchev–Trinajstić information content (AvgIpc) is 2.38. The highest BCUT2D eigenvalue weighted by atomic mass is 79.9. The van der Waals surface area contributed by atoms with Crippen LogP contribution in [-0.4, -0.2) is 13.1 Å². The molecule has 4 heteroatoms. The summed E-state index contributed by atoms with van der Waals surface area (Å²) in [6.07, 6.45) is 1.05. The number of halogens is 1. The zero-order valence-electron chi connectivity index (χ0n) is 9.92. The lowest BCUT2D eigenvalue weighted by molar-refractivity contribution is -0.139. The highest BCUT2D eigenvalue weighted by Gasteiger charge is 2.13. The quantitative estimate of drug-likeness (QED) is 0.634. The van der Waals surface area contributed by atoms with Crippen molar-refractivity contribution in [2.75, 3.05) is 7.11 Å². The SMILES string of the molecule is CCc1cc(C#N)cc(CBr)c1CC(=O)OC. The summed E-state index contributed by atoms with van der Waals surface area (Å²) in [7, 11) is 1.38. The molecule has 0 saturated heterocycles. The van der Waals surface area contributed by atoms with Gasteiger partial charge in [0.25, 0.3) is 0 Å². The standard InChI is InChI=1S/C13H14BrNO2/c1-3-10-4-9(8-15)5-11(7-14)12(10)6-13(16)17-2/h4-5H,3,6-7H2,1-2H3. The van der Waals surface area contributed by atoms with Crippen molar-refractivity contribution >= 4 is 21.9 Å². The molecule has 0 aliphatic heterocycles. The number of carbonyl (C=O) groups excluding carboxylic acids is 1. The van der Waals surface area contributed by atoms with Gasteiger partial charge in [-0.15, -0.1) is 0 Å². The van der Waals surface area contributed by atoms with Gasteiger partial charge in [0.2, 0.25) is 0 Å². The molecule has 0 fully saturated rings. The molecular weight excluding hydrogens is 282 g/mol. The molecule has 0 atom stereocenters. The van der Waals surface area contributed by atoms with Gasteiger partial charge in [-0.05, 0) is 35.2 Å². The fourth-order valence-corrected chi connectivity index (χ4v) is 2.24. The van der Waals surface area contributed by atoms with Gasteiger partial charge >= 0.3 is 5.97 Å². The zero-order chi connectivity index (χ0) is 12.8. The van der Waals surface area contributed by atoms with Gasteiger partial charge in [0.15, 0.2) is 0 Å². The molecule has 0 unspecified atom stereocenters. The normalized spacial score (nSPS) is 9.76. The van der Waals surface area contributed by atoms with E-state index in [1.54, 1.807) is 0 Å². The van der Waals surface area contributed by atoms with E-state index in [1.165, 1.54) is 7.11 Å². The Morgan fingerprint density at radius 1 is 1.47 bits per heavy atom. The number of alkyl halides is 1. The van der Waals surface area contributed by atoms with Gasteiger partial charge in [-0.1, -0.05) is 22.9 Å². The molecule has 0 bridgehead atoms. The first-order chi connectivity index (χ1) is 8.15. The number of carbonyl (C=O) groups is 1. The van der Waals surface area contributed by atoms with E-state index in [-0.39, 0.29) is 12.4 Å². The van der Waals surface area contributed by atoms with Crippen LogP contribution in [0.3, 0.4) is 0 Å². The molecule has 0 heterocycles. The first kappa shape index (κ1) is 13.7. The number of aryl methyl sites for hydroxylation is 1. The minimum absolute atomic E-state index is 0.256. The number of rotatable bonds is 4. The van der Waals surface area contributed by atoms with E-state index in [0.29, 0.717) is 10.9 Å². The van der Waals surface area contributed by atoms with Crippen LogP contribution in [0.25, 0.3) is 0 Å². The smallest absolute Gasteiger partial charge is 0.309 e. The molecule has 90 valence electrons. The summed E-state index contributed by atoms with van der Waals surface area (Å²) in [5.74, 6) is -0.258. The van der Waals surface area contributed by atoms with Crippen LogP contribution in [0.1, 0.15) is 29.2 Å². The van der Waals surface area contributed by atoms with Gasteiger partial charge in [-0.2, -0.15) is 5.26 Å². The Bertz CT molecular complexity index is 438. The molecule has 1 rings (SSSR count). The fourth-order valence-electron chi connectivity index (χ4n) is 1.74. The maximum atomic E-state index is 11.4. The third-order valence-electron chi connectivity index (χ3n) is 2.64. The minimum atomic E-state index is -0.258. The third kappa shape index (κ3) is 3.31. The summed E-state index contributed by atoms with van der Waals surface area (Å²) in [4.78, 5) is 11.4. The van der Waals surface area contributed by atoms with Crippen LogP contribution in [-0.2, 0) is 27.7 Å². The first-order valence-corrected chi connectivity index (χ1v) is 6.45. The molecule has 0 saturated carbocycles. The van der Waals surface area contributed by atoms with E-state index in [0.717, 1.165) is 23.1 Å². The number of hydrogen-bond donors (Lipinski definition) is 0. The molecule has 0 spiro atoms. The van der Waals surface area contributed by atoms with Gasteiger partial charge in [0, 0.05) is 5.33 Å². The van der Waals surface area contributed by atoms with Crippen LogP contribution < -0.4 is 0 Å². The van der Waals surface area contributed by atoms with Crippen LogP contribution in [0, 0.1) is 11.3 Å². The fraction of sp³-hybridized carbons (Fsp3) is 0.385. The number of nitrogens with zero attached hydrogens (tertiary/aromatic N) is 1. The highest BCUT2D eigenvalue weighted by molar-refractivity contribution is 9.08. The van der Waals surface area contributed by atoms with E-state index < -0.39 is 0 Å². The predicted octanol–water partition coefficient (Wildman–Crippen LogP) is 2.73. The second kappa shape index (κ2) is 6.41. The monoisotopic (exact) mass is 295 g/mol. The van der Waals surface area contributed by atoms with Crippen molar-refractivity contribution in [3.8, 4) is 6.07 Å². The molecule has 1 aromatic carbocycles. The summed E-state index contributed by atoms with van der Waals surface area (Å²) >= 11 is 3.39. The van der Waals surface area contributed by atoms with Crippen LogP contribution >= 0.6 is 15.9 Å². The zero-order valence-corrected chi connectivity index (χ0v) is 11.5. The number of hydrogen-bond acceptors (Lipinski definition) is 3. The summed E-state index contributed by atoms with van der Waals surface area (Å²) in [6.45, 7) is 2.01. The average molecular weight is 296 g/mol. The van der Waals surface area contributed by atoms with Crippen molar-refractivity contribution in [1.29, 1.82) is 5.26 Å². The Morgan fingerprint density at radius 2 is 2.12 bits per heavy atom. The Kier molecular flexibility index (Phi) is 5.17. The van der Waals surface area contributed by atoms with Crippen LogP contribution in [0.2, 0.25) is 0 Å². The molecule has 0 aliphatic rings. The topological polar surface area (TPSA) is 50.1 Å². The number of esters is 1. The minimum Gasteiger partial charge on any atom is -0.469 e. The first-order valence-electron chi connectivity index (χ1n) is 5.33. The van der Waals surface area contributed by atoms with Crippen molar-refractivity contribution in [3.63, 3.8) is 0 Å². The molecule has 0 N–H and O–H groups in total. The van der Waals surface area contributed by atoms with E-state index in [9.17, 15) is 4.79 Å². The van der Waals surface area contributed by atoms with E-state index in [2.05, 4.69) is 22.0 Å². The van der Waals surface area contributed by atoms with Gasteiger partial charge in [-0.25, -0.2) is 0 Å². The second-order valence-electron chi connectivity index (χ2n) is 3.62. The van der Waals surface area contributed by atoms with Crippen LogP contribution in [0.5, 0.6) is 0 Å². The maximum absolute atomic E-state index is 11.4. The van der Waals surface area contributed by atoms with Crippen molar-refractivity contribution < 1.29 is 9.53 Å². The predicted molar refractivity (Wildman–Crippen MR) is 68.9 cm³/mol. The summed E-state index contributed by atoms with van der Waals surface area (Å²) in [5.41, 5.74) is 3.61. The molecule has 0 aliphatic carbocycles. The molecule has 0 amide bonds. The second-order valence-corrected chi connectivity index (χ2v) is 4.19. The molecule has 0 radical (unpaired) electrons. The number of benzene rings is 1.